The molecular formula is C11H16Cl2N2O2S. The molecule has 0 unspecified atom stereocenters. The molecule has 0 spiro atoms. The van der Waals surface area contributed by atoms with E-state index in [4.69, 9.17) is 28.9 Å². The van der Waals surface area contributed by atoms with Gasteiger partial charge in [0.25, 0.3) is 0 Å². The Morgan fingerprint density at radius 2 is 1.78 bits per heavy atom. The molecule has 1 aromatic carbocycles. The van der Waals surface area contributed by atoms with E-state index < -0.39 is 10.0 Å². The molecule has 0 bridgehead atoms. The highest BCUT2D eigenvalue weighted by Gasteiger charge is 2.15. The van der Waals surface area contributed by atoms with E-state index in [0.717, 1.165) is 6.42 Å². The smallest absolute Gasteiger partial charge is 0.215 e. The second-order valence-corrected chi connectivity index (χ2v) is 6.47. The van der Waals surface area contributed by atoms with Crippen molar-refractivity contribution in [1.29, 1.82) is 0 Å². The van der Waals surface area contributed by atoms with Gasteiger partial charge in [0.2, 0.25) is 10.0 Å². The van der Waals surface area contributed by atoms with Crippen LogP contribution in [-0.4, -0.2) is 21.5 Å². The lowest BCUT2D eigenvalue weighted by Crippen LogP contribution is -2.26. The second kappa shape index (κ2) is 7.31. The molecule has 7 heteroatoms. The highest BCUT2D eigenvalue weighted by Crippen LogP contribution is 2.25. The molecule has 0 amide bonds. The van der Waals surface area contributed by atoms with Gasteiger partial charge in [-0.2, -0.15) is 0 Å². The molecule has 0 saturated carbocycles. The SMILES string of the molecule is NCCCCNS(=O)(=O)Cc1c(Cl)cccc1Cl. The summed E-state index contributed by atoms with van der Waals surface area (Å²) in [6.45, 7) is 0.930. The van der Waals surface area contributed by atoms with E-state index in [1.807, 2.05) is 0 Å². The van der Waals surface area contributed by atoms with Crippen molar-refractivity contribution < 1.29 is 8.42 Å². The predicted molar refractivity (Wildman–Crippen MR) is 75.4 cm³/mol. The summed E-state index contributed by atoms with van der Waals surface area (Å²) in [5, 5.41) is 0.713. The molecule has 3 N–H and O–H groups in total. The fraction of sp³-hybridized carbons (Fsp3) is 0.455. The van der Waals surface area contributed by atoms with Crippen molar-refractivity contribution >= 4 is 33.2 Å². The predicted octanol–water partition coefficient (Wildman–Crippen LogP) is 2.15. The molecule has 0 aliphatic rings. The summed E-state index contributed by atoms with van der Waals surface area (Å²) >= 11 is 11.9. The summed E-state index contributed by atoms with van der Waals surface area (Å²) in [4.78, 5) is 0. The first-order valence-corrected chi connectivity index (χ1v) is 7.97. The molecule has 1 aromatic rings. The Morgan fingerprint density at radius 1 is 1.17 bits per heavy atom. The van der Waals surface area contributed by atoms with E-state index in [1.165, 1.54) is 0 Å². The maximum absolute atomic E-state index is 11.8. The Kier molecular flexibility index (Phi) is 6.38. The maximum atomic E-state index is 11.8. The quantitative estimate of drug-likeness (QED) is 0.758. The minimum absolute atomic E-state index is 0.214. The van der Waals surface area contributed by atoms with Gasteiger partial charge in [-0.1, -0.05) is 29.3 Å². The average molecular weight is 311 g/mol. The third-order valence-electron chi connectivity index (χ3n) is 2.35. The molecule has 0 aliphatic carbocycles. The van der Waals surface area contributed by atoms with E-state index in [-0.39, 0.29) is 5.75 Å². The number of benzene rings is 1. The lowest BCUT2D eigenvalue weighted by molar-refractivity contribution is 0.576. The van der Waals surface area contributed by atoms with Crippen LogP contribution < -0.4 is 10.5 Å². The first kappa shape index (κ1) is 15.7. The van der Waals surface area contributed by atoms with E-state index in [9.17, 15) is 8.42 Å². The minimum Gasteiger partial charge on any atom is -0.330 e. The van der Waals surface area contributed by atoms with Crippen molar-refractivity contribution in [2.24, 2.45) is 5.73 Å². The molecular weight excluding hydrogens is 295 g/mol. The third kappa shape index (κ3) is 5.12. The number of hydrogen-bond donors (Lipinski definition) is 2. The molecule has 1 rings (SSSR count). The van der Waals surface area contributed by atoms with Crippen molar-refractivity contribution in [3.63, 3.8) is 0 Å². The molecule has 102 valence electrons. The molecule has 4 nitrogen and oxygen atoms in total. The summed E-state index contributed by atoms with van der Waals surface area (Å²) < 4.78 is 26.1. The van der Waals surface area contributed by atoms with Crippen LogP contribution in [0.25, 0.3) is 0 Å². The third-order valence-corrected chi connectivity index (χ3v) is 4.37. The largest absolute Gasteiger partial charge is 0.330 e. The topological polar surface area (TPSA) is 72.2 Å². The highest BCUT2D eigenvalue weighted by molar-refractivity contribution is 7.88. The number of hydrogen-bond acceptors (Lipinski definition) is 3. The van der Waals surface area contributed by atoms with Crippen LogP contribution in [0.4, 0.5) is 0 Å². The molecule has 0 radical (unpaired) electrons. The number of sulfonamides is 1. The lowest BCUT2D eigenvalue weighted by atomic mass is 10.2. The fourth-order valence-corrected chi connectivity index (χ4v) is 3.35. The summed E-state index contributed by atoms with van der Waals surface area (Å²) in [5.74, 6) is -0.214. The van der Waals surface area contributed by atoms with Crippen molar-refractivity contribution in [2.45, 2.75) is 18.6 Å². The second-order valence-electron chi connectivity index (χ2n) is 3.85. The summed E-state index contributed by atoms with van der Waals surface area (Å²) in [5.41, 5.74) is 5.75. The van der Waals surface area contributed by atoms with E-state index in [1.54, 1.807) is 18.2 Å². The fourth-order valence-electron chi connectivity index (χ4n) is 1.41. The van der Waals surface area contributed by atoms with Crippen LogP contribution in [-0.2, 0) is 15.8 Å². The summed E-state index contributed by atoms with van der Waals surface area (Å²) in [6.07, 6.45) is 1.50. The van der Waals surface area contributed by atoms with Crippen LogP contribution in [0.1, 0.15) is 18.4 Å². The van der Waals surface area contributed by atoms with Crippen LogP contribution in [0, 0.1) is 0 Å². The number of unbranched alkanes of at least 4 members (excludes halogenated alkanes) is 1. The van der Waals surface area contributed by atoms with Crippen LogP contribution >= 0.6 is 23.2 Å². The zero-order valence-electron chi connectivity index (χ0n) is 9.83. The Balaban J connectivity index is 2.65. The summed E-state index contributed by atoms with van der Waals surface area (Å²) in [7, 11) is -3.42. The Labute approximate surface area is 118 Å². The van der Waals surface area contributed by atoms with Gasteiger partial charge in [0.1, 0.15) is 0 Å². The molecule has 0 atom stereocenters. The Morgan fingerprint density at radius 3 is 2.33 bits per heavy atom. The zero-order valence-corrected chi connectivity index (χ0v) is 12.2. The summed E-state index contributed by atoms with van der Waals surface area (Å²) in [6, 6.07) is 4.91. The highest BCUT2D eigenvalue weighted by atomic mass is 35.5. The van der Waals surface area contributed by atoms with Gasteiger partial charge in [-0.05, 0) is 31.5 Å². The zero-order chi connectivity index (χ0) is 13.6. The van der Waals surface area contributed by atoms with Crippen LogP contribution in [0.5, 0.6) is 0 Å². The van der Waals surface area contributed by atoms with Crippen LogP contribution in [0.15, 0.2) is 18.2 Å². The Hall–Kier alpha value is -0.330. The van der Waals surface area contributed by atoms with Gasteiger partial charge in [-0.3, -0.25) is 0 Å². The van der Waals surface area contributed by atoms with Crippen molar-refractivity contribution in [2.75, 3.05) is 13.1 Å². The van der Waals surface area contributed by atoms with Crippen molar-refractivity contribution in [3.8, 4) is 0 Å². The van der Waals surface area contributed by atoms with E-state index in [0.29, 0.717) is 35.1 Å². The van der Waals surface area contributed by atoms with Gasteiger partial charge in [0.15, 0.2) is 0 Å². The minimum atomic E-state index is -3.42. The molecule has 0 aliphatic heterocycles. The van der Waals surface area contributed by atoms with Gasteiger partial charge in [0.05, 0.1) is 5.75 Å². The van der Waals surface area contributed by atoms with Crippen molar-refractivity contribution in [3.05, 3.63) is 33.8 Å². The van der Waals surface area contributed by atoms with Gasteiger partial charge in [-0.25, -0.2) is 13.1 Å². The number of nitrogens with two attached hydrogens (primary N) is 1. The molecule has 0 fully saturated rings. The normalized spacial score (nSPS) is 11.7. The van der Waals surface area contributed by atoms with Gasteiger partial charge < -0.3 is 5.73 Å². The van der Waals surface area contributed by atoms with Crippen LogP contribution in [0.3, 0.4) is 0 Å². The number of halogens is 2. The molecule has 0 aromatic heterocycles. The van der Waals surface area contributed by atoms with E-state index >= 15 is 0 Å². The number of rotatable bonds is 7. The van der Waals surface area contributed by atoms with Gasteiger partial charge in [-0.15, -0.1) is 0 Å². The lowest BCUT2D eigenvalue weighted by Gasteiger charge is -2.09. The molecule has 0 heterocycles. The Bertz CT molecular complexity index is 472. The standard InChI is InChI=1S/C11H16Cl2N2O2S/c12-10-4-3-5-11(13)9(10)8-18(16,17)15-7-2-1-6-14/h3-5,15H,1-2,6-8,14H2. The maximum Gasteiger partial charge on any atom is 0.215 e. The van der Waals surface area contributed by atoms with Gasteiger partial charge >= 0.3 is 0 Å². The first-order chi connectivity index (χ1) is 8.46. The van der Waals surface area contributed by atoms with Crippen LogP contribution in [0.2, 0.25) is 10.0 Å². The average Bonchev–Trinajstić information content (AvgIpc) is 2.30. The number of nitrogens with one attached hydrogen (secondary N) is 1. The first-order valence-electron chi connectivity index (χ1n) is 5.56. The van der Waals surface area contributed by atoms with Gasteiger partial charge in [0, 0.05) is 22.2 Å². The van der Waals surface area contributed by atoms with E-state index in [2.05, 4.69) is 4.72 Å². The molecule has 0 saturated heterocycles. The molecule has 18 heavy (non-hydrogen) atoms. The monoisotopic (exact) mass is 310 g/mol. The van der Waals surface area contributed by atoms with Crippen molar-refractivity contribution in [1.82, 2.24) is 4.72 Å².